The molecule has 166 valence electrons. The van der Waals surface area contributed by atoms with Crippen LogP contribution in [0, 0.1) is 35.3 Å². The summed E-state index contributed by atoms with van der Waals surface area (Å²) in [6.45, 7) is 2.00. The van der Waals surface area contributed by atoms with E-state index in [1.54, 1.807) is 24.3 Å². The number of nitrogens with zero attached hydrogens (tertiary/aromatic N) is 1. The van der Waals surface area contributed by atoms with E-state index in [1.165, 1.54) is 17.7 Å². The summed E-state index contributed by atoms with van der Waals surface area (Å²) in [6, 6.07) is 11.4. The second-order valence-electron chi connectivity index (χ2n) is 9.39. The van der Waals surface area contributed by atoms with Crippen LogP contribution < -0.4 is 5.32 Å². The number of nitrogens with one attached hydrogen (secondary N) is 1. The van der Waals surface area contributed by atoms with Crippen LogP contribution in [0.1, 0.15) is 44.1 Å². The van der Waals surface area contributed by atoms with Gasteiger partial charge in [0, 0.05) is 23.2 Å². The summed E-state index contributed by atoms with van der Waals surface area (Å²) in [4.78, 5) is 17.2. The molecule has 0 saturated heterocycles. The van der Waals surface area contributed by atoms with Crippen LogP contribution in [0.15, 0.2) is 53.1 Å². The number of hydrogen-bond donors (Lipinski definition) is 1. The van der Waals surface area contributed by atoms with E-state index in [-0.39, 0.29) is 23.5 Å². The molecule has 3 aromatic rings. The van der Waals surface area contributed by atoms with Crippen molar-refractivity contribution in [1.82, 2.24) is 4.98 Å². The largest absolute Gasteiger partial charge is 0.326 e. The van der Waals surface area contributed by atoms with Gasteiger partial charge in [0.1, 0.15) is 11.6 Å². The first-order chi connectivity index (χ1) is 15.4. The van der Waals surface area contributed by atoms with Crippen molar-refractivity contribution in [1.29, 1.82) is 0 Å². The van der Waals surface area contributed by atoms with Crippen LogP contribution in [-0.2, 0) is 4.79 Å². The van der Waals surface area contributed by atoms with Crippen molar-refractivity contribution in [2.75, 3.05) is 5.32 Å². The minimum absolute atomic E-state index is 0.0133. The topological polar surface area (TPSA) is 42.0 Å². The zero-order valence-electron chi connectivity index (χ0n) is 17.8. The van der Waals surface area contributed by atoms with Crippen molar-refractivity contribution in [2.45, 2.75) is 38.5 Å². The summed E-state index contributed by atoms with van der Waals surface area (Å²) in [5.74, 6) is 1.27. The number of anilines is 1. The maximum atomic E-state index is 13.9. The van der Waals surface area contributed by atoms with E-state index in [2.05, 4.69) is 26.2 Å². The Bertz CT molecular complexity index is 1170. The summed E-state index contributed by atoms with van der Waals surface area (Å²) in [7, 11) is 0. The van der Waals surface area contributed by atoms with E-state index in [4.69, 9.17) is 0 Å². The molecule has 3 nitrogen and oxygen atoms in total. The molecule has 1 unspecified atom stereocenters. The predicted molar refractivity (Wildman–Crippen MR) is 125 cm³/mol. The van der Waals surface area contributed by atoms with Crippen molar-refractivity contribution >= 4 is 38.4 Å². The SMILES string of the molecule is CC(C(=O)Nc1ccc(F)c(Br)c1)[C@H]1C[C@H]2C[C@@H](c3ccnc4ccc(F)cc34)C[C@H]2C1. The molecule has 0 aliphatic heterocycles. The number of hydrogen-bond acceptors (Lipinski definition) is 2. The molecule has 2 saturated carbocycles. The van der Waals surface area contributed by atoms with Gasteiger partial charge in [-0.2, -0.15) is 0 Å². The molecular weight excluding hydrogens is 474 g/mol. The number of benzene rings is 2. The number of aromatic nitrogens is 1. The lowest BCUT2D eigenvalue weighted by molar-refractivity contribution is -0.120. The van der Waals surface area contributed by atoms with Gasteiger partial charge in [-0.1, -0.05) is 6.92 Å². The van der Waals surface area contributed by atoms with Crippen LogP contribution in [-0.4, -0.2) is 10.9 Å². The average Bonchev–Trinajstić information content (AvgIpc) is 3.34. The zero-order valence-corrected chi connectivity index (χ0v) is 19.4. The van der Waals surface area contributed by atoms with Gasteiger partial charge in [0.25, 0.3) is 0 Å². The Morgan fingerprint density at radius 2 is 1.81 bits per heavy atom. The number of fused-ring (bicyclic) bond motifs is 2. The molecule has 1 heterocycles. The number of amides is 1. The zero-order chi connectivity index (χ0) is 22.4. The van der Waals surface area contributed by atoms with Gasteiger partial charge in [0.2, 0.25) is 5.91 Å². The summed E-state index contributed by atoms with van der Waals surface area (Å²) in [5, 5.41) is 3.86. The monoisotopic (exact) mass is 498 g/mol. The maximum Gasteiger partial charge on any atom is 0.227 e. The molecule has 2 fully saturated rings. The molecule has 32 heavy (non-hydrogen) atoms. The smallest absolute Gasteiger partial charge is 0.227 e. The third kappa shape index (κ3) is 4.05. The lowest BCUT2D eigenvalue weighted by Crippen LogP contribution is -2.26. The maximum absolute atomic E-state index is 13.9. The van der Waals surface area contributed by atoms with Gasteiger partial charge in [-0.05, 0) is 113 Å². The van der Waals surface area contributed by atoms with Crippen LogP contribution in [0.2, 0.25) is 0 Å². The van der Waals surface area contributed by atoms with Gasteiger partial charge in [0.05, 0.1) is 9.99 Å². The van der Waals surface area contributed by atoms with E-state index < -0.39 is 0 Å². The highest BCUT2D eigenvalue weighted by Gasteiger charge is 2.44. The Morgan fingerprint density at radius 3 is 2.53 bits per heavy atom. The van der Waals surface area contributed by atoms with E-state index in [0.29, 0.717) is 33.8 Å². The lowest BCUT2D eigenvalue weighted by Gasteiger charge is -2.21. The first kappa shape index (κ1) is 21.5. The fraction of sp³-hybridized carbons (Fsp3) is 0.385. The second kappa shape index (κ2) is 8.54. The Labute approximate surface area is 194 Å². The van der Waals surface area contributed by atoms with Crippen molar-refractivity contribution in [3.8, 4) is 0 Å². The standard InChI is InChI=1S/C26H25BrF2N2O/c1-14(26(32)31-20-3-4-24(29)23(27)13-20)15-8-16-10-18(11-17(16)9-15)21-6-7-30-25-5-2-19(28)12-22(21)25/h2-7,12-18H,8-11H2,1H3,(H,31,32)/t14?,15-,16-,17+,18+. The van der Waals surface area contributed by atoms with E-state index >= 15 is 0 Å². The summed E-state index contributed by atoms with van der Waals surface area (Å²) in [6.07, 6.45) is 6.07. The van der Waals surface area contributed by atoms with Gasteiger partial charge in [-0.15, -0.1) is 0 Å². The van der Waals surface area contributed by atoms with Gasteiger partial charge in [-0.25, -0.2) is 8.78 Å². The molecule has 5 atom stereocenters. The van der Waals surface area contributed by atoms with E-state index in [9.17, 15) is 13.6 Å². The Hall–Kier alpha value is -2.34. The average molecular weight is 499 g/mol. The van der Waals surface area contributed by atoms with Gasteiger partial charge < -0.3 is 5.32 Å². The fourth-order valence-corrected chi connectivity index (χ4v) is 6.24. The minimum Gasteiger partial charge on any atom is -0.326 e. The number of carbonyl (C=O) groups excluding carboxylic acids is 1. The highest BCUT2D eigenvalue weighted by Crippen LogP contribution is 2.54. The normalized spacial score (nSPS) is 25.6. The number of pyridine rings is 1. The molecule has 0 bridgehead atoms. The number of carbonyl (C=O) groups is 1. The molecule has 1 amide bonds. The van der Waals surface area contributed by atoms with Crippen LogP contribution in [0.4, 0.5) is 14.5 Å². The third-order valence-electron chi connectivity index (χ3n) is 7.54. The molecule has 5 rings (SSSR count). The molecule has 2 aromatic carbocycles. The summed E-state index contributed by atoms with van der Waals surface area (Å²) < 4.78 is 27.7. The number of rotatable bonds is 4. The van der Waals surface area contributed by atoms with E-state index in [0.717, 1.165) is 36.6 Å². The predicted octanol–water partition coefficient (Wildman–Crippen LogP) is 7.07. The van der Waals surface area contributed by atoms with Crippen LogP contribution >= 0.6 is 15.9 Å². The lowest BCUT2D eigenvalue weighted by atomic mass is 9.86. The van der Waals surface area contributed by atoms with Crippen LogP contribution in [0.3, 0.4) is 0 Å². The van der Waals surface area contributed by atoms with Crippen molar-refractivity contribution < 1.29 is 13.6 Å². The first-order valence-corrected chi connectivity index (χ1v) is 12.0. The molecule has 0 spiro atoms. The van der Waals surface area contributed by atoms with Gasteiger partial charge in [-0.3, -0.25) is 9.78 Å². The molecule has 0 radical (unpaired) electrons. The quantitative estimate of drug-likeness (QED) is 0.417. The van der Waals surface area contributed by atoms with Gasteiger partial charge >= 0.3 is 0 Å². The van der Waals surface area contributed by atoms with Gasteiger partial charge in [0.15, 0.2) is 0 Å². The first-order valence-electron chi connectivity index (χ1n) is 11.2. The van der Waals surface area contributed by atoms with Crippen molar-refractivity contribution in [3.63, 3.8) is 0 Å². The molecule has 2 aliphatic carbocycles. The molecular formula is C26H25BrF2N2O. The van der Waals surface area contributed by atoms with Crippen molar-refractivity contribution in [2.24, 2.45) is 23.7 Å². The second-order valence-corrected chi connectivity index (χ2v) is 10.2. The molecule has 6 heteroatoms. The Balaban J connectivity index is 1.24. The fourth-order valence-electron chi connectivity index (χ4n) is 5.87. The minimum atomic E-state index is -0.348. The Kier molecular flexibility index (Phi) is 5.74. The van der Waals surface area contributed by atoms with Crippen molar-refractivity contribution in [3.05, 3.63) is 70.3 Å². The summed E-state index contributed by atoms with van der Waals surface area (Å²) in [5.41, 5.74) is 2.65. The van der Waals surface area contributed by atoms with E-state index in [1.807, 2.05) is 19.2 Å². The highest BCUT2D eigenvalue weighted by atomic mass is 79.9. The number of halogens is 3. The third-order valence-corrected chi connectivity index (χ3v) is 8.14. The molecule has 1 N–H and O–H groups in total. The highest BCUT2D eigenvalue weighted by molar-refractivity contribution is 9.10. The Morgan fingerprint density at radius 1 is 1.06 bits per heavy atom. The summed E-state index contributed by atoms with van der Waals surface area (Å²) >= 11 is 3.16. The van der Waals surface area contributed by atoms with Crippen LogP contribution in [0.25, 0.3) is 10.9 Å². The molecule has 2 aliphatic rings. The molecule has 1 aromatic heterocycles. The van der Waals surface area contributed by atoms with Crippen LogP contribution in [0.5, 0.6) is 0 Å².